The van der Waals surface area contributed by atoms with Crippen molar-refractivity contribution >= 4 is 0 Å². The molecule has 1 saturated carbocycles. The van der Waals surface area contributed by atoms with Crippen LogP contribution in [0.25, 0.3) is 0 Å². The van der Waals surface area contributed by atoms with Gasteiger partial charge in [-0.05, 0) is 18.8 Å². The van der Waals surface area contributed by atoms with Gasteiger partial charge in [0.25, 0.3) is 0 Å². The van der Waals surface area contributed by atoms with Crippen LogP contribution in [0.5, 0.6) is 0 Å². The molecule has 0 amide bonds. The summed E-state index contributed by atoms with van der Waals surface area (Å²) in [6.07, 6.45) is 11.2. The van der Waals surface area contributed by atoms with Crippen molar-refractivity contribution in [2.45, 2.75) is 44.6 Å². The lowest BCUT2D eigenvalue weighted by Crippen LogP contribution is -2.57. The molecule has 2 nitrogen and oxygen atoms in total. The third-order valence-electron chi connectivity index (χ3n) is 3.56. The van der Waals surface area contributed by atoms with Crippen molar-refractivity contribution in [1.29, 1.82) is 0 Å². The summed E-state index contributed by atoms with van der Waals surface area (Å²) in [7, 11) is 0. The van der Waals surface area contributed by atoms with Gasteiger partial charge in [0, 0.05) is 25.0 Å². The summed E-state index contributed by atoms with van der Waals surface area (Å²) in [5.74, 6) is 3.34. The fraction of sp³-hybridized carbons (Fsp3) is 0.833. The standard InChI is InChI=1S/C12H22N2/c1-3-4-9-14-12(10-13)8-6-5-7-11(12)2/h1,11,14H,4-10,13H2,2H3. The Morgan fingerprint density at radius 2 is 2.36 bits per heavy atom. The minimum Gasteiger partial charge on any atom is -0.329 e. The maximum atomic E-state index is 5.90. The molecule has 2 unspecified atom stereocenters. The monoisotopic (exact) mass is 194 g/mol. The molecule has 80 valence electrons. The van der Waals surface area contributed by atoms with E-state index in [9.17, 15) is 0 Å². The highest BCUT2D eigenvalue weighted by atomic mass is 15.0. The Labute approximate surface area is 87.6 Å². The fourth-order valence-electron chi connectivity index (χ4n) is 2.44. The lowest BCUT2D eigenvalue weighted by atomic mass is 9.73. The number of hydrogen-bond donors (Lipinski definition) is 2. The maximum Gasteiger partial charge on any atom is 0.0330 e. The normalized spacial score (nSPS) is 32.5. The van der Waals surface area contributed by atoms with Gasteiger partial charge in [-0.3, -0.25) is 0 Å². The predicted molar refractivity (Wildman–Crippen MR) is 60.9 cm³/mol. The van der Waals surface area contributed by atoms with Crippen LogP contribution >= 0.6 is 0 Å². The summed E-state index contributed by atoms with van der Waals surface area (Å²) < 4.78 is 0. The molecule has 2 atom stereocenters. The zero-order valence-electron chi connectivity index (χ0n) is 9.18. The van der Waals surface area contributed by atoms with E-state index in [1.807, 2.05) is 0 Å². The highest BCUT2D eigenvalue weighted by Crippen LogP contribution is 2.32. The highest BCUT2D eigenvalue weighted by Gasteiger charge is 2.35. The van der Waals surface area contributed by atoms with Crippen molar-refractivity contribution < 1.29 is 0 Å². The molecule has 14 heavy (non-hydrogen) atoms. The van der Waals surface area contributed by atoms with Gasteiger partial charge in [0.2, 0.25) is 0 Å². The van der Waals surface area contributed by atoms with E-state index in [0.717, 1.165) is 19.5 Å². The summed E-state index contributed by atoms with van der Waals surface area (Å²) in [6, 6.07) is 0. The van der Waals surface area contributed by atoms with Crippen molar-refractivity contribution in [2.75, 3.05) is 13.1 Å². The molecule has 0 aromatic heterocycles. The van der Waals surface area contributed by atoms with Gasteiger partial charge in [-0.1, -0.05) is 19.8 Å². The van der Waals surface area contributed by atoms with Crippen LogP contribution in [-0.4, -0.2) is 18.6 Å². The Hall–Kier alpha value is -0.520. The van der Waals surface area contributed by atoms with E-state index in [2.05, 4.69) is 18.2 Å². The third-order valence-corrected chi connectivity index (χ3v) is 3.56. The lowest BCUT2D eigenvalue weighted by Gasteiger charge is -2.43. The smallest absolute Gasteiger partial charge is 0.0330 e. The molecule has 0 radical (unpaired) electrons. The van der Waals surface area contributed by atoms with Gasteiger partial charge in [0.15, 0.2) is 0 Å². The van der Waals surface area contributed by atoms with Crippen LogP contribution in [-0.2, 0) is 0 Å². The fourth-order valence-corrected chi connectivity index (χ4v) is 2.44. The second-order valence-electron chi connectivity index (χ2n) is 4.39. The Kier molecular flexibility index (Phi) is 4.44. The minimum atomic E-state index is 0.162. The van der Waals surface area contributed by atoms with Crippen LogP contribution in [0.2, 0.25) is 0 Å². The van der Waals surface area contributed by atoms with Crippen LogP contribution in [0, 0.1) is 18.3 Å². The number of nitrogens with two attached hydrogens (primary N) is 1. The molecule has 0 spiro atoms. The Balaban J connectivity index is 2.50. The van der Waals surface area contributed by atoms with E-state index in [1.54, 1.807) is 0 Å². The molecule has 0 heterocycles. The Morgan fingerprint density at radius 1 is 1.57 bits per heavy atom. The first-order valence-corrected chi connectivity index (χ1v) is 5.64. The van der Waals surface area contributed by atoms with Crippen molar-refractivity contribution in [2.24, 2.45) is 11.7 Å². The number of rotatable bonds is 4. The summed E-state index contributed by atoms with van der Waals surface area (Å²) in [5, 5.41) is 3.57. The molecule has 0 bridgehead atoms. The van der Waals surface area contributed by atoms with Crippen molar-refractivity contribution in [3.05, 3.63) is 0 Å². The second kappa shape index (κ2) is 5.38. The first-order valence-electron chi connectivity index (χ1n) is 5.64. The van der Waals surface area contributed by atoms with Crippen LogP contribution in [0.1, 0.15) is 39.0 Å². The molecule has 1 fully saturated rings. The summed E-state index contributed by atoms with van der Waals surface area (Å²) in [4.78, 5) is 0. The van der Waals surface area contributed by atoms with E-state index < -0.39 is 0 Å². The molecule has 1 aliphatic carbocycles. The average molecular weight is 194 g/mol. The third kappa shape index (κ3) is 2.50. The molecular weight excluding hydrogens is 172 g/mol. The largest absolute Gasteiger partial charge is 0.329 e. The van der Waals surface area contributed by atoms with Gasteiger partial charge in [-0.15, -0.1) is 12.3 Å². The lowest BCUT2D eigenvalue weighted by molar-refractivity contribution is 0.163. The summed E-state index contributed by atoms with van der Waals surface area (Å²) >= 11 is 0. The quantitative estimate of drug-likeness (QED) is 0.526. The van der Waals surface area contributed by atoms with E-state index in [1.165, 1.54) is 25.7 Å². The van der Waals surface area contributed by atoms with Crippen molar-refractivity contribution in [3.8, 4) is 12.3 Å². The van der Waals surface area contributed by atoms with Gasteiger partial charge < -0.3 is 11.1 Å². The van der Waals surface area contributed by atoms with E-state index in [4.69, 9.17) is 12.2 Å². The minimum absolute atomic E-state index is 0.162. The van der Waals surface area contributed by atoms with E-state index in [0.29, 0.717) is 5.92 Å². The Morgan fingerprint density at radius 3 is 2.93 bits per heavy atom. The maximum absolute atomic E-state index is 5.90. The SMILES string of the molecule is C#CCCNC1(CN)CCCCC1C. The predicted octanol–water partition coefficient (Wildman–Crippen LogP) is 1.51. The second-order valence-corrected chi connectivity index (χ2v) is 4.39. The molecular formula is C12H22N2. The van der Waals surface area contributed by atoms with Gasteiger partial charge in [0.1, 0.15) is 0 Å². The molecule has 0 aliphatic heterocycles. The first-order chi connectivity index (χ1) is 6.75. The molecule has 0 aromatic rings. The molecule has 0 saturated heterocycles. The van der Waals surface area contributed by atoms with Gasteiger partial charge in [0.05, 0.1) is 0 Å². The van der Waals surface area contributed by atoms with Crippen molar-refractivity contribution in [3.63, 3.8) is 0 Å². The van der Waals surface area contributed by atoms with E-state index >= 15 is 0 Å². The number of nitrogens with one attached hydrogen (secondary N) is 1. The number of terminal acetylenes is 1. The average Bonchev–Trinajstić information content (AvgIpc) is 2.21. The van der Waals surface area contributed by atoms with Crippen molar-refractivity contribution in [1.82, 2.24) is 5.32 Å². The first kappa shape index (κ1) is 11.6. The summed E-state index contributed by atoms with van der Waals surface area (Å²) in [6.45, 7) is 3.94. The van der Waals surface area contributed by atoms with Gasteiger partial charge >= 0.3 is 0 Å². The summed E-state index contributed by atoms with van der Waals surface area (Å²) in [5.41, 5.74) is 6.06. The highest BCUT2D eigenvalue weighted by molar-refractivity contribution is 4.97. The molecule has 1 aliphatic rings. The molecule has 2 heteroatoms. The topological polar surface area (TPSA) is 38.0 Å². The molecule has 0 aromatic carbocycles. The van der Waals surface area contributed by atoms with Gasteiger partial charge in [-0.25, -0.2) is 0 Å². The van der Waals surface area contributed by atoms with Crippen LogP contribution in [0.15, 0.2) is 0 Å². The van der Waals surface area contributed by atoms with Crippen LogP contribution in [0.4, 0.5) is 0 Å². The van der Waals surface area contributed by atoms with Crippen LogP contribution < -0.4 is 11.1 Å². The molecule has 3 N–H and O–H groups in total. The Bertz CT molecular complexity index is 207. The zero-order chi connectivity index (χ0) is 10.4. The van der Waals surface area contributed by atoms with E-state index in [-0.39, 0.29) is 5.54 Å². The van der Waals surface area contributed by atoms with Crippen LogP contribution in [0.3, 0.4) is 0 Å². The van der Waals surface area contributed by atoms with Gasteiger partial charge in [-0.2, -0.15) is 0 Å². The molecule has 1 rings (SSSR count). The number of hydrogen-bond acceptors (Lipinski definition) is 2. The zero-order valence-corrected chi connectivity index (χ0v) is 9.18.